The van der Waals surface area contributed by atoms with Gasteiger partial charge in [0.25, 0.3) is 0 Å². The van der Waals surface area contributed by atoms with E-state index in [1.165, 1.54) is 0 Å². The monoisotopic (exact) mass is 257 g/mol. The lowest BCUT2D eigenvalue weighted by Crippen LogP contribution is -2.46. The second-order valence-corrected chi connectivity index (χ2v) is 6.12. The van der Waals surface area contributed by atoms with E-state index in [9.17, 15) is 5.11 Å². The van der Waals surface area contributed by atoms with Crippen molar-refractivity contribution in [1.29, 1.82) is 5.41 Å². The second kappa shape index (κ2) is 5.99. The number of hydrogen-bond acceptors (Lipinski definition) is 4. The van der Waals surface area contributed by atoms with Crippen LogP contribution in [-0.4, -0.2) is 54.8 Å². The third kappa shape index (κ3) is 4.55. The molecule has 1 saturated heterocycles. The van der Waals surface area contributed by atoms with Gasteiger partial charge in [-0.15, -0.1) is 0 Å². The zero-order valence-corrected chi connectivity index (χ0v) is 11.8. The first-order chi connectivity index (χ1) is 8.25. The largest absolute Gasteiger partial charge is 0.388 e. The molecular formula is C13H27N3O2. The number of nitrogens with two attached hydrogens (primary N) is 1. The van der Waals surface area contributed by atoms with E-state index in [2.05, 4.69) is 4.90 Å². The van der Waals surface area contributed by atoms with Gasteiger partial charge in [0, 0.05) is 38.0 Å². The Morgan fingerprint density at radius 3 is 2.50 bits per heavy atom. The van der Waals surface area contributed by atoms with Gasteiger partial charge in [-0.25, -0.2) is 0 Å². The van der Waals surface area contributed by atoms with Crippen LogP contribution >= 0.6 is 0 Å². The molecule has 5 heteroatoms. The quantitative estimate of drug-likeness (QED) is 0.486. The Kier molecular flexibility index (Phi) is 5.13. The highest BCUT2D eigenvalue weighted by atomic mass is 16.5. The van der Waals surface area contributed by atoms with Crippen LogP contribution in [-0.2, 0) is 4.74 Å². The molecule has 5 nitrogen and oxygen atoms in total. The summed E-state index contributed by atoms with van der Waals surface area (Å²) >= 11 is 0. The van der Waals surface area contributed by atoms with Crippen LogP contribution < -0.4 is 5.73 Å². The minimum Gasteiger partial charge on any atom is -0.388 e. The van der Waals surface area contributed by atoms with Crippen molar-refractivity contribution >= 4 is 5.84 Å². The van der Waals surface area contributed by atoms with Crippen LogP contribution in [0.4, 0.5) is 0 Å². The predicted molar refractivity (Wildman–Crippen MR) is 72.8 cm³/mol. The first-order valence-electron chi connectivity index (χ1n) is 6.58. The van der Waals surface area contributed by atoms with Gasteiger partial charge in [-0.3, -0.25) is 5.41 Å². The molecule has 0 aromatic heterocycles. The van der Waals surface area contributed by atoms with Crippen LogP contribution in [0.3, 0.4) is 0 Å². The minimum absolute atomic E-state index is 0.223. The maximum absolute atomic E-state index is 10.4. The van der Waals surface area contributed by atoms with Crippen molar-refractivity contribution in [3.63, 3.8) is 0 Å². The van der Waals surface area contributed by atoms with Gasteiger partial charge in [0.1, 0.15) is 0 Å². The summed E-state index contributed by atoms with van der Waals surface area (Å²) < 4.78 is 5.27. The number of likely N-dealkylation sites (N-methyl/N-ethyl adjacent to an activating group) is 1. The smallest absolute Gasteiger partial charge is 0.0963 e. The third-order valence-electron chi connectivity index (χ3n) is 3.84. The van der Waals surface area contributed by atoms with Crippen molar-refractivity contribution in [1.82, 2.24) is 4.90 Å². The average Bonchev–Trinajstić information content (AvgIpc) is 2.26. The maximum atomic E-state index is 10.4. The zero-order valence-electron chi connectivity index (χ0n) is 11.8. The fourth-order valence-corrected chi connectivity index (χ4v) is 2.10. The molecule has 0 amide bonds. The van der Waals surface area contributed by atoms with E-state index >= 15 is 0 Å². The molecule has 18 heavy (non-hydrogen) atoms. The lowest BCUT2D eigenvalue weighted by Gasteiger charge is -2.36. The number of nitrogens with one attached hydrogen (secondary N) is 1. The summed E-state index contributed by atoms with van der Waals surface area (Å²) in [5, 5.41) is 17.9. The molecule has 0 bridgehead atoms. The number of hydrogen-bond donors (Lipinski definition) is 3. The van der Waals surface area contributed by atoms with Gasteiger partial charge in [-0.05, 0) is 20.0 Å². The molecule has 0 spiro atoms. The zero-order chi connectivity index (χ0) is 13.8. The summed E-state index contributed by atoms with van der Waals surface area (Å²) in [5.74, 6) is 0.223. The van der Waals surface area contributed by atoms with Crippen molar-refractivity contribution in [3.05, 3.63) is 0 Å². The highest BCUT2D eigenvalue weighted by Gasteiger charge is 2.31. The fraction of sp³-hybridized carbons (Fsp3) is 0.923. The molecule has 0 aromatic rings. The Balaban J connectivity index is 2.37. The molecule has 0 saturated carbocycles. The molecule has 1 rings (SSSR count). The van der Waals surface area contributed by atoms with Crippen LogP contribution in [0.5, 0.6) is 0 Å². The van der Waals surface area contributed by atoms with Gasteiger partial charge in [-0.1, -0.05) is 13.8 Å². The first-order valence-corrected chi connectivity index (χ1v) is 6.58. The topological polar surface area (TPSA) is 82.6 Å². The summed E-state index contributed by atoms with van der Waals surface area (Å²) in [4.78, 5) is 2.12. The molecule has 0 aromatic carbocycles. The van der Waals surface area contributed by atoms with E-state index in [1.54, 1.807) is 0 Å². The van der Waals surface area contributed by atoms with Gasteiger partial charge < -0.3 is 20.5 Å². The van der Waals surface area contributed by atoms with Crippen LogP contribution in [0.15, 0.2) is 0 Å². The van der Waals surface area contributed by atoms with Crippen LogP contribution in [0.25, 0.3) is 0 Å². The van der Waals surface area contributed by atoms with Crippen LogP contribution in [0.2, 0.25) is 0 Å². The van der Waals surface area contributed by atoms with E-state index in [4.69, 9.17) is 15.9 Å². The van der Waals surface area contributed by atoms with Gasteiger partial charge in [0.2, 0.25) is 0 Å². The Bertz CT molecular complexity index is 286. The summed E-state index contributed by atoms with van der Waals surface area (Å²) in [7, 11) is 2.00. The number of nitrogens with zero attached hydrogens (tertiary/aromatic N) is 1. The Hall–Kier alpha value is -0.650. The van der Waals surface area contributed by atoms with E-state index in [-0.39, 0.29) is 11.3 Å². The standard InChI is InChI=1S/C13H27N3O2/c1-12(2,11(14)15)4-7-16(3)10-13(17)5-8-18-9-6-13/h17H,4-10H2,1-3H3,(H3,14,15). The predicted octanol–water partition coefficient (Wildman–Crippen LogP) is 0.812. The number of aliphatic hydroxyl groups is 1. The molecule has 0 unspecified atom stereocenters. The molecule has 1 heterocycles. The molecule has 0 aliphatic carbocycles. The second-order valence-electron chi connectivity index (χ2n) is 6.12. The summed E-state index contributed by atoms with van der Waals surface area (Å²) in [6.45, 7) is 6.73. The normalized spacial score (nSPS) is 20.1. The van der Waals surface area contributed by atoms with Crippen molar-refractivity contribution in [2.75, 3.05) is 33.4 Å². The highest BCUT2D eigenvalue weighted by Crippen LogP contribution is 2.23. The molecule has 1 aliphatic rings. The van der Waals surface area contributed by atoms with Crippen molar-refractivity contribution < 1.29 is 9.84 Å². The minimum atomic E-state index is -0.618. The number of ether oxygens (including phenoxy) is 1. The highest BCUT2D eigenvalue weighted by molar-refractivity contribution is 5.82. The molecule has 0 radical (unpaired) electrons. The molecule has 106 valence electrons. The third-order valence-corrected chi connectivity index (χ3v) is 3.84. The van der Waals surface area contributed by atoms with E-state index in [0.717, 1.165) is 13.0 Å². The van der Waals surface area contributed by atoms with E-state index in [0.29, 0.717) is 32.6 Å². The lowest BCUT2D eigenvalue weighted by atomic mass is 9.87. The fourth-order valence-electron chi connectivity index (χ4n) is 2.10. The van der Waals surface area contributed by atoms with Crippen molar-refractivity contribution in [3.8, 4) is 0 Å². The summed E-state index contributed by atoms with van der Waals surface area (Å²) in [5.41, 5.74) is 4.68. The van der Waals surface area contributed by atoms with Crippen molar-refractivity contribution in [2.45, 2.75) is 38.7 Å². The first kappa shape index (κ1) is 15.4. The van der Waals surface area contributed by atoms with Gasteiger partial charge >= 0.3 is 0 Å². The van der Waals surface area contributed by atoms with Crippen LogP contribution in [0, 0.1) is 10.8 Å². The Labute approximate surface area is 110 Å². The van der Waals surface area contributed by atoms with Gasteiger partial charge in [0.15, 0.2) is 0 Å². The van der Waals surface area contributed by atoms with Gasteiger partial charge in [0.05, 0.1) is 11.4 Å². The van der Waals surface area contributed by atoms with E-state index in [1.807, 2.05) is 20.9 Å². The number of amidine groups is 1. The maximum Gasteiger partial charge on any atom is 0.0963 e. The molecule has 0 atom stereocenters. The molecule has 4 N–H and O–H groups in total. The SMILES string of the molecule is CN(CCC(C)(C)C(=N)N)CC1(O)CCOCC1. The molecule has 1 fully saturated rings. The summed E-state index contributed by atoms with van der Waals surface area (Å²) in [6.07, 6.45) is 2.23. The summed E-state index contributed by atoms with van der Waals surface area (Å²) in [6, 6.07) is 0. The molecular weight excluding hydrogens is 230 g/mol. The van der Waals surface area contributed by atoms with Gasteiger partial charge in [-0.2, -0.15) is 0 Å². The Morgan fingerprint density at radius 2 is 2.00 bits per heavy atom. The lowest BCUT2D eigenvalue weighted by molar-refractivity contribution is -0.0772. The van der Waals surface area contributed by atoms with Crippen molar-refractivity contribution in [2.24, 2.45) is 11.1 Å². The number of rotatable bonds is 6. The Morgan fingerprint density at radius 1 is 1.44 bits per heavy atom. The van der Waals surface area contributed by atoms with E-state index < -0.39 is 5.60 Å². The molecule has 1 aliphatic heterocycles. The van der Waals surface area contributed by atoms with Crippen LogP contribution in [0.1, 0.15) is 33.1 Å². The average molecular weight is 257 g/mol.